The van der Waals surface area contributed by atoms with Crippen molar-refractivity contribution in [3.63, 3.8) is 0 Å². The SMILES string of the molecule is CNCC(O)c1c(F)cc(F)cc1OC. The average molecular weight is 217 g/mol. The summed E-state index contributed by atoms with van der Waals surface area (Å²) in [6, 6.07) is 1.76. The first-order valence-electron chi connectivity index (χ1n) is 4.45. The minimum Gasteiger partial charge on any atom is -0.496 e. The Morgan fingerprint density at radius 3 is 2.67 bits per heavy atom. The van der Waals surface area contributed by atoms with Gasteiger partial charge < -0.3 is 15.2 Å². The monoisotopic (exact) mass is 217 g/mol. The number of likely N-dealkylation sites (N-methyl/N-ethyl adjacent to an activating group) is 1. The molecule has 5 heteroatoms. The fourth-order valence-electron chi connectivity index (χ4n) is 1.35. The highest BCUT2D eigenvalue weighted by Gasteiger charge is 2.19. The van der Waals surface area contributed by atoms with Gasteiger partial charge in [0, 0.05) is 18.7 Å². The molecule has 0 aliphatic heterocycles. The van der Waals surface area contributed by atoms with Crippen LogP contribution in [-0.4, -0.2) is 25.8 Å². The third kappa shape index (κ3) is 2.64. The van der Waals surface area contributed by atoms with Crippen molar-refractivity contribution < 1.29 is 18.6 Å². The van der Waals surface area contributed by atoms with Crippen LogP contribution in [0.15, 0.2) is 12.1 Å². The second-order valence-electron chi connectivity index (χ2n) is 3.08. The Morgan fingerprint density at radius 1 is 1.47 bits per heavy atom. The van der Waals surface area contributed by atoms with E-state index in [9.17, 15) is 13.9 Å². The topological polar surface area (TPSA) is 41.5 Å². The number of halogens is 2. The normalized spacial score (nSPS) is 12.6. The van der Waals surface area contributed by atoms with Crippen LogP contribution in [0.2, 0.25) is 0 Å². The summed E-state index contributed by atoms with van der Waals surface area (Å²) in [6.45, 7) is 0.166. The van der Waals surface area contributed by atoms with Crippen LogP contribution in [-0.2, 0) is 0 Å². The van der Waals surface area contributed by atoms with Gasteiger partial charge in [0.1, 0.15) is 17.4 Å². The molecule has 0 aromatic heterocycles. The van der Waals surface area contributed by atoms with E-state index in [4.69, 9.17) is 4.74 Å². The lowest BCUT2D eigenvalue weighted by Gasteiger charge is -2.15. The predicted molar refractivity (Wildman–Crippen MR) is 51.8 cm³/mol. The van der Waals surface area contributed by atoms with Crippen molar-refractivity contribution in [2.75, 3.05) is 20.7 Å². The molecule has 0 aliphatic rings. The maximum Gasteiger partial charge on any atom is 0.135 e. The minimum absolute atomic E-state index is 0.00949. The van der Waals surface area contributed by atoms with Crippen LogP contribution >= 0.6 is 0 Å². The lowest BCUT2D eigenvalue weighted by atomic mass is 10.1. The molecule has 0 amide bonds. The first kappa shape index (κ1) is 11.9. The van der Waals surface area contributed by atoms with Crippen LogP contribution in [0.3, 0.4) is 0 Å². The lowest BCUT2D eigenvalue weighted by molar-refractivity contribution is 0.168. The van der Waals surface area contributed by atoms with E-state index in [-0.39, 0.29) is 17.9 Å². The molecule has 15 heavy (non-hydrogen) atoms. The molecule has 0 aliphatic carbocycles. The number of benzene rings is 1. The lowest BCUT2D eigenvalue weighted by Crippen LogP contribution is -2.18. The summed E-state index contributed by atoms with van der Waals surface area (Å²) in [5.41, 5.74) is -0.0340. The average Bonchev–Trinajstić information content (AvgIpc) is 2.16. The van der Waals surface area contributed by atoms with Crippen LogP contribution in [0.5, 0.6) is 5.75 Å². The summed E-state index contributed by atoms with van der Waals surface area (Å²) in [6.07, 6.45) is -1.06. The van der Waals surface area contributed by atoms with Gasteiger partial charge in [0.2, 0.25) is 0 Å². The van der Waals surface area contributed by atoms with Gasteiger partial charge >= 0.3 is 0 Å². The molecule has 1 aromatic carbocycles. The van der Waals surface area contributed by atoms with Gasteiger partial charge in [-0.25, -0.2) is 8.78 Å². The number of methoxy groups -OCH3 is 1. The Labute approximate surface area is 86.7 Å². The van der Waals surface area contributed by atoms with Gasteiger partial charge in [-0.15, -0.1) is 0 Å². The third-order valence-corrected chi connectivity index (χ3v) is 2.01. The molecule has 0 radical (unpaired) electrons. The van der Waals surface area contributed by atoms with Gasteiger partial charge in [-0.2, -0.15) is 0 Å². The second kappa shape index (κ2) is 5.04. The van der Waals surface area contributed by atoms with Gasteiger partial charge in [0.15, 0.2) is 0 Å². The summed E-state index contributed by atoms with van der Waals surface area (Å²) < 4.78 is 31.0. The summed E-state index contributed by atoms with van der Waals surface area (Å²) in [7, 11) is 2.92. The van der Waals surface area contributed by atoms with Crippen molar-refractivity contribution in [1.82, 2.24) is 5.32 Å². The number of hydrogen-bond acceptors (Lipinski definition) is 3. The number of ether oxygens (including phenoxy) is 1. The van der Waals surface area contributed by atoms with Gasteiger partial charge in [0.05, 0.1) is 18.8 Å². The highest BCUT2D eigenvalue weighted by Crippen LogP contribution is 2.28. The van der Waals surface area contributed by atoms with Crippen molar-refractivity contribution in [3.8, 4) is 5.75 Å². The van der Waals surface area contributed by atoms with E-state index >= 15 is 0 Å². The van der Waals surface area contributed by atoms with Crippen molar-refractivity contribution in [1.29, 1.82) is 0 Å². The molecule has 3 nitrogen and oxygen atoms in total. The van der Waals surface area contributed by atoms with Gasteiger partial charge in [-0.05, 0) is 7.05 Å². The molecule has 1 atom stereocenters. The van der Waals surface area contributed by atoms with Gasteiger partial charge in [-0.1, -0.05) is 0 Å². The van der Waals surface area contributed by atoms with Gasteiger partial charge in [-0.3, -0.25) is 0 Å². The predicted octanol–water partition coefficient (Wildman–Crippen LogP) is 1.23. The second-order valence-corrected chi connectivity index (χ2v) is 3.08. The zero-order chi connectivity index (χ0) is 11.4. The quantitative estimate of drug-likeness (QED) is 0.797. The Bertz CT molecular complexity index is 344. The van der Waals surface area contributed by atoms with Crippen LogP contribution in [0, 0.1) is 11.6 Å². The highest BCUT2D eigenvalue weighted by molar-refractivity contribution is 5.37. The Morgan fingerprint density at radius 2 is 2.13 bits per heavy atom. The molecule has 0 saturated heterocycles. The molecular weight excluding hydrogens is 204 g/mol. The Kier molecular flexibility index (Phi) is 3.99. The zero-order valence-electron chi connectivity index (χ0n) is 8.55. The molecule has 1 aromatic rings. The van der Waals surface area contributed by atoms with Crippen molar-refractivity contribution in [2.24, 2.45) is 0 Å². The largest absolute Gasteiger partial charge is 0.496 e. The van der Waals surface area contributed by atoms with E-state index in [0.717, 1.165) is 12.1 Å². The maximum atomic E-state index is 13.4. The molecular formula is C10H13F2NO2. The van der Waals surface area contributed by atoms with E-state index in [1.54, 1.807) is 7.05 Å². The van der Waals surface area contributed by atoms with Crippen LogP contribution in [0.4, 0.5) is 8.78 Å². The van der Waals surface area contributed by atoms with Crippen LogP contribution < -0.4 is 10.1 Å². The number of aliphatic hydroxyl groups is 1. The first-order valence-corrected chi connectivity index (χ1v) is 4.45. The van der Waals surface area contributed by atoms with Crippen molar-refractivity contribution in [2.45, 2.75) is 6.10 Å². The number of aliphatic hydroxyl groups excluding tert-OH is 1. The maximum absolute atomic E-state index is 13.4. The minimum atomic E-state index is -1.06. The highest BCUT2D eigenvalue weighted by atomic mass is 19.1. The molecule has 84 valence electrons. The zero-order valence-corrected chi connectivity index (χ0v) is 8.55. The molecule has 0 heterocycles. The molecule has 0 bridgehead atoms. The molecule has 0 fully saturated rings. The first-order chi connectivity index (χ1) is 7.10. The number of hydrogen-bond donors (Lipinski definition) is 2. The summed E-state index contributed by atoms with van der Waals surface area (Å²) in [5.74, 6) is -1.53. The molecule has 2 N–H and O–H groups in total. The smallest absolute Gasteiger partial charge is 0.135 e. The standard InChI is InChI=1S/C10H13F2NO2/c1-13-5-8(14)10-7(12)3-6(11)4-9(10)15-2/h3-4,8,13-14H,5H2,1-2H3. The Hall–Kier alpha value is -1.20. The van der Waals surface area contributed by atoms with Crippen LogP contribution in [0.25, 0.3) is 0 Å². The summed E-state index contributed by atoms with van der Waals surface area (Å²) >= 11 is 0. The fraction of sp³-hybridized carbons (Fsp3) is 0.400. The van der Waals surface area contributed by atoms with Crippen molar-refractivity contribution in [3.05, 3.63) is 29.3 Å². The number of nitrogens with one attached hydrogen (secondary N) is 1. The summed E-state index contributed by atoms with van der Waals surface area (Å²) in [5, 5.41) is 12.3. The van der Waals surface area contributed by atoms with Crippen LogP contribution in [0.1, 0.15) is 11.7 Å². The van der Waals surface area contributed by atoms with E-state index in [0.29, 0.717) is 0 Å². The van der Waals surface area contributed by atoms with Gasteiger partial charge in [0.25, 0.3) is 0 Å². The van der Waals surface area contributed by atoms with E-state index < -0.39 is 17.7 Å². The van der Waals surface area contributed by atoms with E-state index in [1.807, 2.05) is 0 Å². The molecule has 1 rings (SSSR count). The van der Waals surface area contributed by atoms with Crippen molar-refractivity contribution >= 4 is 0 Å². The molecule has 0 spiro atoms. The molecule has 0 saturated carbocycles. The fourth-order valence-corrected chi connectivity index (χ4v) is 1.35. The Balaban J connectivity index is 3.14. The number of rotatable bonds is 4. The van der Waals surface area contributed by atoms with E-state index in [1.165, 1.54) is 7.11 Å². The summed E-state index contributed by atoms with van der Waals surface area (Å²) in [4.78, 5) is 0. The van der Waals surface area contributed by atoms with E-state index in [2.05, 4.69) is 5.32 Å². The molecule has 1 unspecified atom stereocenters. The third-order valence-electron chi connectivity index (χ3n) is 2.01.